The van der Waals surface area contributed by atoms with Gasteiger partial charge in [0.05, 0.1) is 5.69 Å². The van der Waals surface area contributed by atoms with Crippen molar-refractivity contribution in [3.8, 4) is 11.8 Å². The van der Waals surface area contributed by atoms with Gasteiger partial charge in [0.2, 0.25) is 0 Å². The second kappa shape index (κ2) is 5.01. The fraction of sp³-hybridized carbons (Fsp3) is 0.0833. The first-order valence-corrected chi connectivity index (χ1v) is 5.16. The van der Waals surface area contributed by atoms with Gasteiger partial charge in [0, 0.05) is 11.9 Å². The molecule has 1 aromatic carbocycles. The first kappa shape index (κ1) is 11.7. The monoisotopic (exact) mass is 242 g/mol. The Bertz CT molecular complexity index is 595. The molecule has 0 atom stereocenters. The van der Waals surface area contributed by atoms with Crippen LogP contribution in [0.25, 0.3) is 5.69 Å². The fourth-order valence-corrected chi connectivity index (χ4v) is 1.38. The van der Waals surface area contributed by atoms with Crippen molar-refractivity contribution in [1.29, 1.82) is 5.26 Å². The Balaban J connectivity index is 2.18. The number of nitrogens with two attached hydrogens (primary N) is 1. The molecule has 0 aliphatic heterocycles. The first-order chi connectivity index (χ1) is 8.70. The zero-order valence-corrected chi connectivity index (χ0v) is 9.41. The van der Waals surface area contributed by atoms with Crippen LogP contribution in [0.15, 0.2) is 36.5 Å². The Morgan fingerprint density at radius 3 is 2.78 bits per heavy atom. The summed E-state index contributed by atoms with van der Waals surface area (Å²) < 4.78 is 6.18. The van der Waals surface area contributed by atoms with Gasteiger partial charge in [-0.05, 0) is 30.3 Å². The van der Waals surface area contributed by atoms with Crippen LogP contribution in [0.5, 0.6) is 0 Å². The normalized spacial score (nSPS) is 9.72. The minimum atomic E-state index is -0.620. The summed E-state index contributed by atoms with van der Waals surface area (Å²) in [4.78, 5) is 11.4. The Labute approximate surface area is 103 Å². The molecule has 0 aliphatic rings. The van der Waals surface area contributed by atoms with Gasteiger partial charge in [-0.25, -0.2) is 9.48 Å². The molecule has 6 heteroatoms. The summed E-state index contributed by atoms with van der Waals surface area (Å²) in [5.74, 6) is -0.620. The topological polar surface area (TPSA) is 93.9 Å². The van der Waals surface area contributed by atoms with E-state index in [9.17, 15) is 4.79 Å². The molecule has 0 saturated carbocycles. The number of hydrogen-bond acceptors (Lipinski definition) is 5. The van der Waals surface area contributed by atoms with Crippen molar-refractivity contribution in [1.82, 2.24) is 9.78 Å². The van der Waals surface area contributed by atoms with Crippen molar-refractivity contribution in [3.63, 3.8) is 0 Å². The Morgan fingerprint density at radius 1 is 1.39 bits per heavy atom. The van der Waals surface area contributed by atoms with Crippen molar-refractivity contribution in [2.75, 3.05) is 12.3 Å². The highest BCUT2D eigenvalue weighted by molar-refractivity contribution is 5.87. The Kier molecular flexibility index (Phi) is 3.25. The van der Waals surface area contributed by atoms with Crippen LogP contribution in [0.2, 0.25) is 0 Å². The molecule has 0 saturated heterocycles. The van der Waals surface area contributed by atoms with E-state index in [4.69, 9.17) is 11.0 Å². The van der Waals surface area contributed by atoms with Crippen molar-refractivity contribution < 1.29 is 9.53 Å². The zero-order chi connectivity index (χ0) is 13.0. The van der Waals surface area contributed by atoms with Gasteiger partial charge in [-0.3, -0.25) is 0 Å². The van der Waals surface area contributed by atoms with E-state index in [2.05, 4.69) is 9.84 Å². The van der Waals surface area contributed by atoms with Gasteiger partial charge in [0.15, 0.2) is 12.3 Å². The maximum Gasteiger partial charge on any atom is 0.359 e. The molecular formula is C12H10N4O2. The molecule has 0 unspecified atom stereocenters. The zero-order valence-electron chi connectivity index (χ0n) is 9.41. The highest BCUT2D eigenvalue weighted by Gasteiger charge is 2.11. The van der Waals surface area contributed by atoms with Crippen LogP contribution in [-0.2, 0) is 4.74 Å². The van der Waals surface area contributed by atoms with Gasteiger partial charge in [0.1, 0.15) is 6.07 Å². The van der Waals surface area contributed by atoms with Crippen LogP contribution in [0.3, 0.4) is 0 Å². The SMILES string of the molecule is N#CCOC(=O)c1ccn(-c2ccc(N)cc2)n1. The standard InChI is InChI=1S/C12H10N4O2/c13-6-8-18-12(17)11-5-7-16(15-11)10-3-1-9(14)2-4-10/h1-5,7H,8,14H2. The highest BCUT2D eigenvalue weighted by atomic mass is 16.5. The lowest BCUT2D eigenvalue weighted by Gasteiger charge is -2.01. The minimum Gasteiger partial charge on any atom is -0.445 e. The number of hydrogen-bond donors (Lipinski definition) is 1. The van der Waals surface area contributed by atoms with Crippen molar-refractivity contribution in [2.24, 2.45) is 0 Å². The lowest BCUT2D eigenvalue weighted by molar-refractivity contribution is 0.0547. The van der Waals surface area contributed by atoms with Crippen LogP contribution in [0.1, 0.15) is 10.5 Å². The Hall–Kier alpha value is -2.81. The van der Waals surface area contributed by atoms with E-state index in [1.807, 2.05) is 0 Å². The average molecular weight is 242 g/mol. The van der Waals surface area contributed by atoms with Gasteiger partial charge in [-0.2, -0.15) is 10.4 Å². The lowest BCUT2D eigenvalue weighted by Crippen LogP contribution is -2.07. The summed E-state index contributed by atoms with van der Waals surface area (Å²) in [5.41, 5.74) is 7.17. The van der Waals surface area contributed by atoms with E-state index in [0.29, 0.717) is 5.69 Å². The molecule has 90 valence electrons. The molecule has 1 heterocycles. The highest BCUT2D eigenvalue weighted by Crippen LogP contribution is 2.10. The molecule has 0 spiro atoms. The van der Waals surface area contributed by atoms with Gasteiger partial charge in [-0.1, -0.05) is 0 Å². The number of benzene rings is 1. The number of rotatable bonds is 3. The number of nitrogens with zero attached hydrogens (tertiary/aromatic N) is 3. The summed E-state index contributed by atoms with van der Waals surface area (Å²) in [5, 5.41) is 12.4. The number of ether oxygens (including phenoxy) is 1. The predicted octanol–water partition coefficient (Wildman–Crippen LogP) is 1.13. The number of esters is 1. The molecule has 0 fully saturated rings. The molecule has 2 rings (SSSR count). The van der Waals surface area contributed by atoms with E-state index in [-0.39, 0.29) is 12.3 Å². The number of nitrogen functional groups attached to an aromatic ring is 1. The van der Waals surface area contributed by atoms with E-state index in [1.165, 1.54) is 10.7 Å². The summed E-state index contributed by atoms with van der Waals surface area (Å²) in [7, 11) is 0. The smallest absolute Gasteiger partial charge is 0.359 e. The Morgan fingerprint density at radius 2 is 2.11 bits per heavy atom. The number of aromatic nitrogens is 2. The molecule has 2 N–H and O–H groups in total. The van der Waals surface area contributed by atoms with Crippen LogP contribution in [-0.4, -0.2) is 22.4 Å². The molecule has 0 radical (unpaired) electrons. The molecule has 1 aromatic heterocycles. The van der Waals surface area contributed by atoms with E-state index >= 15 is 0 Å². The molecule has 6 nitrogen and oxygen atoms in total. The quantitative estimate of drug-likeness (QED) is 0.643. The summed E-state index contributed by atoms with van der Waals surface area (Å²) in [6.45, 7) is -0.284. The third kappa shape index (κ3) is 2.47. The van der Waals surface area contributed by atoms with Crippen molar-refractivity contribution >= 4 is 11.7 Å². The van der Waals surface area contributed by atoms with Crippen LogP contribution < -0.4 is 5.73 Å². The third-order valence-electron chi connectivity index (χ3n) is 2.22. The van der Waals surface area contributed by atoms with Gasteiger partial charge < -0.3 is 10.5 Å². The maximum absolute atomic E-state index is 11.4. The van der Waals surface area contributed by atoms with E-state index in [0.717, 1.165) is 5.69 Å². The van der Waals surface area contributed by atoms with Crippen molar-refractivity contribution in [3.05, 3.63) is 42.2 Å². The largest absolute Gasteiger partial charge is 0.445 e. The number of carbonyl (C=O) groups excluding carboxylic acids is 1. The van der Waals surface area contributed by atoms with Gasteiger partial charge in [-0.15, -0.1) is 0 Å². The number of nitriles is 1. The van der Waals surface area contributed by atoms with E-state index < -0.39 is 5.97 Å². The third-order valence-corrected chi connectivity index (χ3v) is 2.22. The molecule has 0 aliphatic carbocycles. The summed E-state index contributed by atoms with van der Waals surface area (Å²) in [6.07, 6.45) is 1.63. The molecule has 18 heavy (non-hydrogen) atoms. The second-order valence-electron chi connectivity index (χ2n) is 3.47. The van der Waals surface area contributed by atoms with Gasteiger partial charge >= 0.3 is 5.97 Å². The van der Waals surface area contributed by atoms with Gasteiger partial charge in [0.25, 0.3) is 0 Å². The predicted molar refractivity (Wildman–Crippen MR) is 63.9 cm³/mol. The van der Waals surface area contributed by atoms with Crippen LogP contribution >= 0.6 is 0 Å². The number of anilines is 1. The first-order valence-electron chi connectivity index (χ1n) is 5.16. The fourth-order valence-electron chi connectivity index (χ4n) is 1.38. The number of carbonyl (C=O) groups is 1. The second-order valence-corrected chi connectivity index (χ2v) is 3.47. The molecule has 0 amide bonds. The maximum atomic E-state index is 11.4. The molecule has 2 aromatic rings. The molecule has 0 bridgehead atoms. The van der Waals surface area contributed by atoms with Crippen molar-refractivity contribution in [2.45, 2.75) is 0 Å². The lowest BCUT2D eigenvalue weighted by atomic mass is 10.3. The van der Waals surface area contributed by atoms with E-state index in [1.54, 1.807) is 36.5 Å². The minimum absolute atomic E-state index is 0.155. The summed E-state index contributed by atoms with van der Waals surface area (Å²) >= 11 is 0. The summed E-state index contributed by atoms with van der Waals surface area (Å²) in [6, 6.07) is 10.3. The molecular weight excluding hydrogens is 232 g/mol. The van der Waals surface area contributed by atoms with Crippen LogP contribution in [0, 0.1) is 11.3 Å². The average Bonchev–Trinajstić information content (AvgIpc) is 2.86. The van der Waals surface area contributed by atoms with Crippen LogP contribution in [0.4, 0.5) is 5.69 Å².